The van der Waals surface area contributed by atoms with Crippen LogP contribution in [0.2, 0.25) is 0 Å². The zero-order valence-electron chi connectivity index (χ0n) is 9.87. The smallest absolute Gasteiger partial charge is 0.243 e. The van der Waals surface area contributed by atoms with Gasteiger partial charge in [-0.3, -0.25) is 0 Å². The van der Waals surface area contributed by atoms with Crippen molar-refractivity contribution in [2.24, 2.45) is 0 Å². The Kier molecular flexibility index (Phi) is 2.91. The van der Waals surface area contributed by atoms with Gasteiger partial charge in [-0.15, -0.1) is 5.10 Å². The minimum absolute atomic E-state index is 0.667. The van der Waals surface area contributed by atoms with Crippen LogP contribution in [-0.4, -0.2) is 31.1 Å². The van der Waals surface area contributed by atoms with Gasteiger partial charge in [0.15, 0.2) is 5.65 Å². The van der Waals surface area contributed by atoms with E-state index in [1.165, 1.54) is 0 Å². The largest absolute Gasteiger partial charge is 0.353 e. The molecule has 0 aliphatic heterocycles. The van der Waals surface area contributed by atoms with Crippen LogP contribution in [-0.2, 0) is 6.42 Å². The van der Waals surface area contributed by atoms with E-state index in [2.05, 4.69) is 25.4 Å². The van der Waals surface area contributed by atoms with E-state index in [-0.39, 0.29) is 0 Å². The van der Waals surface area contributed by atoms with E-state index < -0.39 is 0 Å². The Labute approximate surface area is 104 Å². The molecule has 0 fully saturated rings. The Balaban J connectivity index is 1.53. The highest BCUT2D eigenvalue weighted by Crippen LogP contribution is 2.04. The van der Waals surface area contributed by atoms with Gasteiger partial charge in [0.05, 0.1) is 0 Å². The topological polar surface area (TPSA) is 70.9 Å². The molecule has 3 heterocycles. The Hall–Kier alpha value is -2.37. The third kappa shape index (κ3) is 2.32. The van der Waals surface area contributed by atoms with Gasteiger partial charge in [-0.05, 0) is 18.6 Å². The van der Waals surface area contributed by atoms with Gasteiger partial charge in [-0.25, -0.2) is 9.50 Å². The molecule has 0 spiro atoms. The van der Waals surface area contributed by atoms with Crippen molar-refractivity contribution >= 4 is 11.6 Å². The lowest BCUT2D eigenvalue weighted by Gasteiger charge is -1.99. The number of hydrogen-bond acceptors (Lipinski definition) is 4. The van der Waals surface area contributed by atoms with Crippen molar-refractivity contribution in [3.8, 4) is 0 Å². The summed E-state index contributed by atoms with van der Waals surface area (Å²) in [6.45, 7) is 0.831. The van der Waals surface area contributed by atoms with E-state index >= 15 is 0 Å². The Morgan fingerprint density at radius 1 is 1.33 bits per heavy atom. The molecule has 18 heavy (non-hydrogen) atoms. The molecular formula is C12H14N6. The molecule has 3 rings (SSSR count). The molecule has 0 amide bonds. The first-order valence-electron chi connectivity index (χ1n) is 5.95. The van der Waals surface area contributed by atoms with E-state index in [0.29, 0.717) is 5.95 Å². The minimum Gasteiger partial charge on any atom is -0.353 e. The van der Waals surface area contributed by atoms with Gasteiger partial charge in [-0.1, -0.05) is 6.07 Å². The van der Waals surface area contributed by atoms with Crippen LogP contribution >= 0.6 is 0 Å². The fourth-order valence-corrected chi connectivity index (χ4v) is 1.80. The van der Waals surface area contributed by atoms with E-state index in [1.807, 2.05) is 30.6 Å². The van der Waals surface area contributed by atoms with Crippen molar-refractivity contribution in [2.75, 3.05) is 11.9 Å². The SMILES string of the molecule is c1ccn2nc(NCCCc3ncc[nH]3)nc2c1. The maximum absolute atomic E-state index is 4.36. The predicted molar refractivity (Wildman–Crippen MR) is 68.4 cm³/mol. The van der Waals surface area contributed by atoms with Gasteiger partial charge in [0.25, 0.3) is 0 Å². The zero-order chi connectivity index (χ0) is 12.2. The molecule has 6 nitrogen and oxygen atoms in total. The maximum atomic E-state index is 4.36. The third-order valence-corrected chi connectivity index (χ3v) is 2.67. The van der Waals surface area contributed by atoms with Crippen LogP contribution in [0.15, 0.2) is 36.8 Å². The average molecular weight is 242 g/mol. The van der Waals surface area contributed by atoms with Crippen LogP contribution in [0.3, 0.4) is 0 Å². The summed E-state index contributed by atoms with van der Waals surface area (Å²) in [7, 11) is 0. The number of aryl methyl sites for hydroxylation is 1. The summed E-state index contributed by atoms with van der Waals surface area (Å²) in [5.74, 6) is 1.68. The van der Waals surface area contributed by atoms with E-state index in [1.54, 1.807) is 10.7 Å². The fraction of sp³-hybridized carbons (Fsp3) is 0.250. The molecule has 0 aromatic carbocycles. The van der Waals surface area contributed by atoms with Crippen LogP contribution in [0.1, 0.15) is 12.2 Å². The predicted octanol–water partition coefficient (Wildman–Crippen LogP) is 1.50. The number of aromatic amines is 1. The number of aromatic nitrogens is 5. The first kappa shape index (κ1) is 10.8. The molecular weight excluding hydrogens is 228 g/mol. The van der Waals surface area contributed by atoms with Crippen LogP contribution in [0.25, 0.3) is 5.65 Å². The van der Waals surface area contributed by atoms with Gasteiger partial charge in [0.1, 0.15) is 5.82 Å². The second-order valence-electron chi connectivity index (χ2n) is 4.01. The Morgan fingerprint density at radius 3 is 3.17 bits per heavy atom. The van der Waals surface area contributed by atoms with Crippen molar-refractivity contribution in [2.45, 2.75) is 12.8 Å². The van der Waals surface area contributed by atoms with E-state index in [0.717, 1.165) is 30.9 Å². The highest BCUT2D eigenvalue weighted by atomic mass is 15.3. The molecule has 0 atom stereocenters. The normalized spacial score (nSPS) is 10.9. The van der Waals surface area contributed by atoms with Crippen molar-refractivity contribution < 1.29 is 0 Å². The standard InChI is InChI=1S/C12H14N6/c1-2-9-18-11(5-1)16-12(17-18)15-6-3-4-10-13-7-8-14-10/h1-2,5,7-9H,3-4,6H2,(H,13,14)(H,15,17). The number of imidazole rings is 1. The number of anilines is 1. The number of rotatable bonds is 5. The molecule has 0 aliphatic carbocycles. The lowest BCUT2D eigenvalue weighted by Crippen LogP contribution is -2.05. The molecule has 3 aromatic heterocycles. The summed E-state index contributed by atoms with van der Waals surface area (Å²) < 4.78 is 1.76. The number of fused-ring (bicyclic) bond motifs is 1. The Morgan fingerprint density at radius 2 is 2.33 bits per heavy atom. The molecule has 3 aromatic rings. The number of pyridine rings is 1. The summed E-state index contributed by atoms with van der Waals surface area (Å²) in [6.07, 6.45) is 7.41. The number of H-pyrrole nitrogens is 1. The molecule has 0 saturated heterocycles. The summed E-state index contributed by atoms with van der Waals surface area (Å²) >= 11 is 0. The first-order chi connectivity index (χ1) is 8.92. The van der Waals surface area contributed by atoms with Crippen molar-refractivity contribution in [3.05, 3.63) is 42.6 Å². The van der Waals surface area contributed by atoms with Crippen molar-refractivity contribution in [3.63, 3.8) is 0 Å². The molecule has 0 bridgehead atoms. The van der Waals surface area contributed by atoms with Crippen LogP contribution in [0.5, 0.6) is 0 Å². The summed E-state index contributed by atoms with van der Waals surface area (Å²) in [5, 5.41) is 7.53. The minimum atomic E-state index is 0.667. The first-order valence-corrected chi connectivity index (χ1v) is 5.95. The van der Waals surface area contributed by atoms with E-state index in [9.17, 15) is 0 Å². The maximum Gasteiger partial charge on any atom is 0.243 e. The second-order valence-corrected chi connectivity index (χ2v) is 4.01. The van der Waals surface area contributed by atoms with Crippen molar-refractivity contribution in [1.29, 1.82) is 0 Å². The lowest BCUT2D eigenvalue weighted by molar-refractivity contribution is 0.809. The lowest BCUT2D eigenvalue weighted by atomic mass is 10.3. The van der Waals surface area contributed by atoms with Crippen LogP contribution < -0.4 is 5.32 Å². The molecule has 6 heteroatoms. The fourth-order valence-electron chi connectivity index (χ4n) is 1.80. The highest BCUT2D eigenvalue weighted by molar-refractivity contribution is 5.42. The summed E-state index contributed by atoms with van der Waals surface area (Å²) in [4.78, 5) is 11.6. The van der Waals surface area contributed by atoms with Gasteiger partial charge in [0, 0.05) is 31.6 Å². The highest BCUT2D eigenvalue weighted by Gasteiger charge is 2.01. The summed E-state index contributed by atoms with van der Waals surface area (Å²) in [5.41, 5.74) is 0.853. The molecule has 0 aliphatic rings. The third-order valence-electron chi connectivity index (χ3n) is 2.67. The second kappa shape index (κ2) is 4.87. The van der Waals surface area contributed by atoms with Gasteiger partial charge < -0.3 is 10.3 Å². The van der Waals surface area contributed by atoms with Gasteiger partial charge in [-0.2, -0.15) is 4.98 Å². The molecule has 0 radical (unpaired) electrons. The summed E-state index contributed by atoms with van der Waals surface area (Å²) in [6, 6.07) is 5.81. The molecule has 0 saturated carbocycles. The number of nitrogens with zero attached hydrogens (tertiary/aromatic N) is 4. The number of nitrogens with one attached hydrogen (secondary N) is 2. The number of hydrogen-bond donors (Lipinski definition) is 2. The van der Waals surface area contributed by atoms with E-state index in [4.69, 9.17) is 0 Å². The van der Waals surface area contributed by atoms with Crippen LogP contribution in [0.4, 0.5) is 5.95 Å². The average Bonchev–Trinajstić information content (AvgIpc) is 3.03. The van der Waals surface area contributed by atoms with Gasteiger partial charge >= 0.3 is 0 Å². The molecule has 92 valence electrons. The molecule has 2 N–H and O–H groups in total. The van der Waals surface area contributed by atoms with Gasteiger partial charge in [0.2, 0.25) is 5.95 Å². The Bertz CT molecular complexity index is 579. The monoisotopic (exact) mass is 242 g/mol. The zero-order valence-corrected chi connectivity index (χ0v) is 9.87. The quantitative estimate of drug-likeness (QED) is 0.665. The molecule has 0 unspecified atom stereocenters. The van der Waals surface area contributed by atoms with Crippen LogP contribution in [0, 0.1) is 0 Å². The van der Waals surface area contributed by atoms with Crippen molar-refractivity contribution in [1.82, 2.24) is 24.6 Å².